The van der Waals surface area contributed by atoms with Gasteiger partial charge in [0.1, 0.15) is 5.75 Å². The first-order valence-corrected chi connectivity index (χ1v) is 9.88. The molecule has 0 aliphatic carbocycles. The van der Waals surface area contributed by atoms with Gasteiger partial charge < -0.3 is 4.74 Å². The van der Waals surface area contributed by atoms with Crippen molar-refractivity contribution in [1.82, 2.24) is 0 Å². The van der Waals surface area contributed by atoms with E-state index in [-0.39, 0.29) is 5.91 Å². The molecule has 0 aromatic heterocycles. The van der Waals surface area contributed by atoms with Gasteiger partial charge in [0.25, 0.3) is 5.91 Å². The van der Waals surface area contributed by atoms with E-state index in [0.29, 0.717) is 15.8 Å². The molecule has 134 valence electrons. The fourth-order valence-corrected chi connectivity index (χ4v) is 4.34. The molecule has 4 rings (SSSR count). The number of carbonyl (C=O) groups is 1. The molecule has 0 radical (unpaired) electrons. The van der Waals surface area contributed by atoms with Gasteiger partial charge in [-0.05, 0) is 42.1 Å². The molecule has 1 aliphatic heterocycles. The Hall–Kier alpha value is -2.63. The minimum atomic E-state index is -0.0877. The summed E-state index contributed by atoms with van der Waals surface area (Å²) in [6.07, 6.45) is 1.88. The number of fused-ring (bicyclic) bond motifs is 1. The molecular formula is C22H17NO2S2. The molecule has 3 aromatic rings. The highest BCUT2D eigenvalue weighted by atomic mass is 32.2. The third-order valence-electron chi connectivity index (χ3n) is 4.29. The lowest BCUT2D eigenvalue weighted by Gasteiger charge is -2.17. The Morgan fingerprint density at radius 1 is 1.04 bits per heavy atom. The molecule has 3 nitrogen and oxygen atoms in total. The first-order valence-electron chi connectivity index (χ1n) is 8.66. The van der Waals surface area contributed by atoms with Crippen LogP contribution in [0.2, 0.25) is 0 Å². The van der Waals surface area contributed by atoms with E-state index in [1.165, 1.54) is 11.8 Å². The van der Waals surface area contributed by atoms with Crippen molar-refractivity contribution in [3.63, 3.8) is 0 Å². The number of ether oxygens (including phenoxy) is 1. The zero-order valence-corrected chi connectivity index (χ0v) is 16.3. The number of amides is 1. The number of benzene rings is 3. The molecule has 1 amide bonds. The van der Waals surface area contributed by atoms with Crippen LogP contribution >= 0.6 is 24.0 Å². The molecule has 0 N–H and O–H groups in total. The van der Waals surface area contributed by atoms with Crippen LogP contribution in [0.1, 0.15) is 12.5 Å². The van der Waals surface area contributed by atoms with E-state index < -0.39 is 0 Å². The second-order valence-corrected chi connectivity index (χ2v) is 7.69. The molecule has 27 heavy (non-hydrogen) atoms. The zero-order valence-electron chi connectivity index (χ0n) is 14.7. The number of thiocarbonyl (C=S) groups is 1. The van der Waals surface area contributed by atoms with E-state index >= 15 is 0 Å². The maximum atomic E-state index is 13.1. The van der Waals surface area contributed by atoms with Crippen LogP contribution in [0.25, 0.3) is 16.8 Å². The number of hydrogen-bond acceptors (Lipinski definition) is 4. The molecule has 1 aliphatic rings. The summed E-state index contributed by atoms with van der Waals surface area (Å²) in [6.45, 7) is 2.58. The number of thioether (sulfide) groups is 1. The Bertz CT molecular complexity index is 1050. The molecule has 3 aromatic carbocycles. The van der Waals surface area contributed by atoms with Gasteiger partial charge in [-0.3, -0.25) is 9.69 Å². The van der Waals surface area contributed by atoms with Gasteiger partial charge in [-0.2, -0.15) is 0 Å². The van der Waals surface area contributed by atoms with E-state index in [9.17, 15) is 4.79 Å². The number of anilines is 1. The molecule has 5 heteroatoms. The van der Waals surface area contributed by atoms with Gasteiger partial charge in [-0.1, -0.05) is 72.5 Å². The summed E-state index contributed by atoms with van der Waals surface area (Å²) >= 11 is 6.85. The largest absolute Gasteiger partial charge is 0.494 e. The predicted molar refractivity (Wildman–Crippen MR) is 117 cm³/mol. The van der Waals surface area contributed by atoms with Crippen LogP contribution in [0.3, 0.4) is 0 Å². The van der Waals surface area contributed by atoms with Crippen molar-refractivity contribution >= 4 is 56.7 Å². The Labute approximate surface area is 167 Å². The summed E-state index contributed by atoms with van der Waals surface area (Å²) < 4.78 is 6.01. The second-order valence-electron chi connectivity index (χ2n) is 6.02. The summed E-state index contributed by atoms with van der Waals surface area (Å²) in [6, 6.07) is 21.6. The molecule has 0 unspecified atom stereocenters. The van der Waals surface area contributed by atoms with Crippen molar-refractivity contribution < 1.29 is 9.53 Å². The minimum absolute atomic E-state index is 0.0877. The average molecular weight is 392 g/mol. The molecule has 0 spiro atoms. The normalized spacial score (nSPS) is 15.7. The Morgan fingerprint density at radius 2 is 1.78 bits per heavy atom. The van der Waals surface area contributed by atoms with E-state index in [1.54, 1.807) is 4.90 Å². The van der Waals surface area contributed by atoms with Crippen molar-refractivity contribution in [2.75, 3.05) is 11.5 Å². The summed E-state index contributed by atoms with van der Waals surface area (Å²) in [5.41, 5.74) is 1.77. The van der Waals surface area contributed by atoms with E-state index in [1.807, 2.05) is 79.7 Å². The first kappa shape index (κ1) is 17.8. The third kappa shape index (κ3) is 3.48. The van der Waals surface area contributed by atoms with E-state index in [0.717, 1.165) is 27.8 Å². The predicted octanol–water partition coefficient (Wildman–Crippen LogP) is 5.64. The van der Waals surface area contributed by atoms with Crippen LogP contribution in [0.5, 0.6) is 5.75 Å². The van der Waals surface area contributed by atoms with Gasteiger partial charge in [0.2, 0.25) is 0 Å². The fraction of sp³-hybridized carbons (Fsp3) is 0.0909. The maximum absolute atomic E-state index is 13.1. The van der Waals surface area contributed by atoms with Crippen LogP contribution < -0.4 is 9.64 Å². The number of rotatable bonds is 4. The molecule has 1 fully saturated rings. The van der Waals surface area contributed by atoms with Gasteiger partial charge in [0.15, 0.2) is 4.32 Å². The number of carbonyl (C=O) groups excluding carboxylic acids is 1. The van der Waals surface area contributed by atoms with Crippen LogP contribution in [0.4, 0.5) is 5.69 Å². The minimum Gasteiger partial charge on any atom is -0.494 e. The van der Waals surface area contributed by atoms with E-state index in [2.05, 4.69) is 0 Å². The summed E-state index contributed by atoms with van der Waals surface area (Å²) in [5.74, 6) is 0.730. The number of nitrogens with zero attached hydrogens (tertiary/aromatic N) is 1. The topological polar surface area (TPSA) is 29.5 Å². The Balaban J connectivity index is 1.67. The van der Waals surface area contributed by atoms with Gasteiger partial charge in [0.05, 0.1) is 17.2 Å². The second kappa shape index (κ2) is 7.55. The summed E-state index contributed by atoms with van der Waals surface area (Å²) in [5, 5.41) is 2.10. The third-order valence-corrected chi connectivity index (χ3v) is 5.59. The van der Waals surface area contributed by atoms with Crippen molar-refractivity contribution in [3.8, 4) is 5.75 Å². The van der Waals surface area contributed by atoms with Crippen LogP contribution in [-0.2, 0) is 4.79 Å². The van der Waals surface area contributed by atoms with Gasteiger partial charge >= 0.3 is 0 Å². The van der Waals surface area contributed by atoms with Gasteiger partial charge in [-0.15, -0.1) is 0 Å². The van der Waals surface area contributed by atoms with Crippen molar-refractivity contribution in [3.05, 3.63) is 77.2 Å². The van der Waals surface area contributed by atoms with Crippen molar-refractivity contribution in [2.45, 2.75) is 6.92 Å². The smallest absolute Gasteiger partial charge is 0.270 e. The van der Waals surface area contributed by atoms with Crippen molar-refractivity contribution in [2.24, 2.45) is 0 Å². The average Bonchev–Trinajstić information content (AvgIpc) is 2.96. The highest BCUT2D eigenvalue weighted by Crippen LogP contribution is 2.38. The highest BCUT2D eigenvalue weighted by Gasteiger charge is 2.34. The lowest BCUT2D eigenvalue weighted by atomic mass is 10.1. The summed E-state index contributed by atoms with van der Waals surface area (Å²) in [4.78, 5) is 15.3. The molecule has 0 bridgehead atoms. The molecule has 0 atom stereocenters. The summed E-state index contributed by atoms with van der Waals surface area (Å²) in [7, 11) is 0. The monoisotopic (exact) mass is 391 g/mol. The first-order chi connectivity index (χ1) is 13.2. The van der Waals surface area contributed by atoms with Crippen LogP contribution in [-0.4, -0.2) is 16.8 Å². The van der Waals surface area contributed by atoms with Gasteiger partial charge in [0, 0.05) is 5.39 Å². The Morgan fingerprint density at radius 3 is 2.56 bits per heavy atom. The molecule has 1 heterocycles. The van der Waals surface area contributed by atoms with E-state index in [4.69, 9.17) is 17.0 Å². The van der Waals surface area contributed by atoms with Crippen LogP contribution in [0.15, 0.2) is 71.6 Å². The van der Waals surface area contributed by atoms with Crippen molar-refractivity contribution in [1.29, 1.82) is 0 Å². The van der Waals surface area contributed by atoms with Gasteiger partial charge in [-0.25, -0.2) is 0 Å². The SMILES string of the molecule is CCOc1ccc(/C=C2\SC(=S)N(c3cccc4ccccc34)C2=O)cc1. The maximum Gasteiger partial charge on any atom is 0.270 e. The lowest BCUT2D eigenvalue weighted by molar-refractivity contribution is -0.113. The standard InChI is InChI=1S/C22H17NO2S2/c1-2-25-17-12-10-15(11-13-17)14-20-21(24)23(22(26)27-20)19-9-5-7-16-6-3-4-8-18(16)19/h3-14H,2H2,1H3/b20-14-. The Kier molecular flexibility index (Phi) is 4.97. The molecule has 1 saturated heterocycles. The zero-order chi connectivity index (χ0) is 18.8. The quantitative estimate of drug-likeness (QED) is 0.425. The lowest BCUT2D eigenvalue weighted by Crippen LogP contribution is -2.27. The molecule has 0 saturated carbocycles. The van der Waals surface area contributed by atoms with Crippen LogP contribution in [0, 0.1) is 0 Å². The molecular weight excluding hydrogens is 374 g/mol. The number of hydrogen-bond donors (Lipinski definition) is 0. The fourth-order valence-electron chi connectivity index (χ4n) is 3.06. The highest BCUT2D eigenvalue weighted by molar-refractivity contribution is 8.27.